The topological polar surface area (TPSA) is 74.9 Å². The predicted molar refractivity (Wildman–Crippen MR) is 77.0 cm³/mol. The van der Waals surface area contributed by atoms with E-state index in [-0.39, 0.29) is 17.4 Å². The van der Waals surface area contributed by atoms with Crippen LogP contribution in [0.4, 0.5) is 0 Å². The van der Waals surface area contributed by atoms with Crippen molar-refractivity contribution in [1.82, 2.24) is 14.3 Å². The molecule has 0 amide bonds. The fraction of sp³-hybridized carbons (Fsp3) is 0.400. The highest BCUT2D eigenvalue weighted by Gasteiger charge is 2.34. The highest BCUT2D eigenvalue weighted by atomic mass is 16.4. The standard InChI is InChI=1S/C15H17N3O3/c1-10-7-17(9-12(10)15(20)21)8-11-6-14(19)18-5-3-2-4-13(18)16-11/h2-6,10,12H,7-9H2,1H3,(H,20,21). The van der Waals surface area contributed by atoms with Crippen LogP contribution in [-0.4, -0.2) is 38.4 Å². The summed E-state index contributed by atoms with van der Waals surface area (Å²) < 4.78 is 1.50. The monoisotopic (exact) mass is 287 g/mol. The number of pyridine rings is 1. The highest BCUT2D eigenvalue weighted by molar-refractivity contribution is 5.71. The van der Waals surface area contributed by atoms with Crippen LogP contribution in [-0.2, 0) is 11.3 Å². The van der Waals surface area contributed by atoms with E-state index in [9.17, 15) is 9.59 Å². The first-order chi connectivity index (χ1) is 10.0. The van der Waals surface area contributed by atoms with Crippen molar-refractivity contribution < 1.29 is 9.90 Å². The summed E-state index contributed by atoms with van der Waals surface area (Å²) in [6.07, 6.45) is 1.69. The van der Waals surface area contributed by atoms with Gasteiger partial charge in [-0.15, -0.1) is 0 Å². The molecule has 1 aliphatic rings. The molecule has 21 heavy (non-hydrogen) atoms. The van der Waals surface area contributed by atoms with Crippen molar-refractivity contribution in [1.29, 1.82) is 0 Å². The van der Waals surface area contributed by atoms with E-state index < -0.39 is 5.97 Å². The smallest absolute Gasteiger partial charge is 0.308 e. The fourth-order valence-electron chi connectivity index (χ4n) is 2.93. The summed E-state index contributed by atoms with van der Waals surface area (Å²) in [6, 6.07) is 6.93. The van der Waals surface area contributed by atoms with Gasteiger partial charge in [-0.05, 0) is 18.1 Å². The summed E-state index contributed by atoms with van der Waals surface area (Å²) >= 11 is 0. The minimum Gasteiger partial charge on any atom is -0.481 e. The predicted octanol–water partition coefficient (Wildman–Crippen LogP) is 0.847. The van der Waals surface area contributed by atoms with Crippen LogP contribution in [0.1, 0.15) is 12.6 Å². The molecule has 2 atom stereocenters. The molecule has 1 N–H and O–H groups in total. The van der Waals surface area contributed by atoms with Crippen LogP contribution in [0.2, 0.25) is 0 Å². The summed E-state index contributed by atoms with van der Waals surface area (Å²) in [5, 5.41) is 9.16. The fourth-order valence-corrected chi connectivity index (χ4v) is 2.93. The molecular formula is C15H17N3O3. The summed E-state index contributed by atoms with van der Waals surface area (Å²) in [5.74, 6) is -0.979. The van der Waals surface area contributed by atoms with E-state index >= 15 is 0 Å². The lowest BCUT2D eigenvalue weighted by atomic mass is 9.99. The lowest BCUT2D eigenvalue weighted by molar-refractivity contribution is -0.142. The minimum absolute atomic E-state index is 0.113. The number of carboxylic acids is 1. The van der Waals surface area contributed by atoms with Gasteiger partial charge in [-0.25, -0.2) is 4.98 Å². The van der Waals surface area contributed by atoms with Crippen LogP contribution in [0, 0.1) is 11.8 Å². The molecule has 0 bridgehead atoms. The molecule has 1 fully saturated rings. The van der Waals surface area contributed by atoms with Gasteiger partial charge in [-0.2, -0.15) is 0 Å². The number of fused-ring (bicyclic) bond motifs is 1. The van der Waals surface area contributed by atoms with Crippen LogP contribution in [0.5, 0.6) is 0 Å². The first-order valence-corrected chi connectivity index (χ1v) is 6.97. The van der Waals surface area contributed by atoms with Crippen LogP contribution in [0.3, 0.4) is 0 Å². The van der Waals surface area contributed by atoms with Crippen LogP contribution >= 0.6 is 0 Å². The second-order valence-corrected chi connectivity index (χ2v) is 5.63. The average Bonchev–Trinajstić information content (AvgIpc) is 2.80. The Kier molecular flexibility index (Phi) is 3.47. The highest BCUT2D eigenvalue weighted by Crippen LogP contribution is 2.24. The SMILES string of the molecule is CC1CN(Cc2cc(=O)n3ccccc3n2)CC1C(=O)O. The van der Waals surface area contributed by atoms with E-state index in [4.69, 9.17) is 5.11 Å². The summed E-state index contributed by atoms with van der Waals surface area (Å²) in [7, 11) is 0. The zero-order chi connectivity index (χ0) is 15.0. The molecule has 1 aliphatic heterocycles. The van der Waals surface area contributed by atoms with E-state index in [1.165, 1.54) is 10.5 Å². The second-order valence-electron chi connectivity index (χ2n) is 5.63. The van der Waals surface area contributed by atoms with Crippen molar-refractivity contribution in [3.05, 3.63) is 46.5 Å². The number of hydrogen-bond acceptors (Lipinski definition) is 4. The molecule has 3 heterocycles. The molecular weight excluding hydrogens is 270 g/mol. The van der Waals surface area contributed by atoms with Gasteiger partial charge in [-0.1, -0.05) is 13.0 Å². The molecule has 2 aromatic heterocycles. The molecule has 1 saturated heterocycles. The quantitative estimate of drug-likeness (QED) is 0.905. The van der Waals surface area contributed by atoms with Crippen molar-refractivity contribution in [2.24, 2.45) is 11.8 Å². The van der Waals surface area contributed by atoms with E-state index in [1.807, 2.05) is 17.9 Å². The molecule has 0 aromatic carbocycles. The Hall–Kier alpha value is -2.21. The van der Waals surface area contributed by atoms with Crippen LogP contribution < -0.4 is 5.56 Å². The number of likely N-dealkylation sites (tertiary alicyclic amines) is 1. The van der Waals surface area contributed by atoms with Crippen molar-refractivity contribution in [2.45, 2.75) is 13.5 Å². The van der Waals surface area contributed by atoms with Crippen molar-refractivity contribution in [2.75, 3.05) is 13.1 Å². The van der Waals surface area contributed by atoms with Gasteiger partial charge in [0, 0.05) is 31.9 Å². The normalized spacial score (nSPS) is 22.7. The third-order valence-electron chi connectivity index (χ3n) is 4.01. The van der Waals surface area contributed by atoms with Crippen molar-refractivity contribution >= 4 is 11.6 Å². The molecule has 0 saturated carbocycles. The van der Waals surface area contributed by atoms with Gasteiger partial charge < -0.3 is 5.11 Å². The maximum absolute atomic E-state index is 12.0. The maximum Gasteiger partial charge on any atom is 0.308 e. The molecule has 110 valence electrons. The number of nitrogens with zero attached hydrogens (tertiary/aromatic N) is 3. The molecule has 0 spiro atoms. The third-order valence-corrected chi connectivity index (χ3v) is 4.01. The second kappa shape index (κ2) is 5.29. The molecule has 6 heteroatoms. The van der Waals surface area contributed by atoms with E-state index in [2.05, 4.69) is 4.98 Å². The van der Waals surface area contributed by atoms with Crippen LogP contribution in [0.25, 0.3) is 5.65 Å². The lowest BCUT2D eigenvalue weighted by Gasteiger charge is -2.14. The molecule has 6 nitrogen and oxygen atoms in total. The Bertz CT molecular complexity index is 740. The Morgan fingerprint density at radius 2 is 2.24 bits per heavy atom. The van der Waals surface area contributed by atoms with Gasteiger partial charge >= 0.3 is 5.97 Å². The number of rotatable bonds is 3. The minimum atomic E-state index is -0.753. The third kappa shape index (κ3) is 2.67. The zero-order valence-electron chi connectivity index (χ0n) is 11.8. The molecule has 2 unspecified atom stereocenters. The largest absolute Gasteiger partial charge is 0.481 e. The molecule has 3 rings (SSSR count). The van der Waals surface area contributed by atoms with Gasteiger partial charge in [0.25, 0.3) is 5.56 Å². The summed E-state index contributed by atoms with van der Waals surface area (Å²) in [6.45, 7) is 3.68. The summed E-state index contributed by atoms with van der Waals surface area (Å²) in [5.41, 5.74) is 1.18. The molecule has 2 aromatic rings. The first kappa shape index (κ1) is 13.8. The number of aliphatic carboxylic acids is 1. The first-order valence-electron chi connectivity index (χ1n) is 6.97. The van der Waals surface area contributed by atoms with Gasteiger partial charge in [0.15, 0.2) is 0 Å². The lowest BCUT2D eigenvalue weighted by Crippen LogP contribution is -2.25. The van der Waals surface area contributed by atoms with Crippen LogP contribution in [0.15, 0.2) is 35.3 Å². The maximum atomic E-state index is 12.0. The number of carboxylic acid groups (broad SMARTS) is 1. The average molecular weight is 287 g/mol. The summed E-state index contributed by atoms with van der Waals surface area (Å²) in [4.78, 5) is 29.7. The van der Waals surface area contributed by atoms with E-state index in [0.29, 0.717) is 31.0 Å². The van der Waals surface area contributed by atoms with Crippen molar-refractivity contribution in [3.63, 3.8) is 0 Å². The van der Waals surface area contributed by atoms with E-state index in [1.54, 1.807) is 18.3 Å². The Morgan fingerprint density at radius 3 is 2.95 bits per heavy atom. The Balaban J connectivity index is 1.83. The van der Waals surface area contributed by atoms with Gasteiger partial charge in [0.1, 0.15) is 5.65 Å². The Morgan fingerprint density at radius 1 is 1.43 bits per heavy atom. The van der Waals surface area contributed by atoms with Crippen molar-refractivity contribution in [3.8, 4) is 0 Å². The van der Waals surface area contributed by atoms with E-state index in [0.717, 1.165) is 0 Å². The molecule has 0 aliphatic carbocycles. The number of hydrogen-bond donors (Lipinski definition) is 1. The molecule has 0 radical (unpaired) electrons. The number of aromatic nitrogens is 2. The number of carbonyl (C=O) groups is 1. The van der Waals surface area contributed by atoms with Gasteiger partial charge in [0.2, 0.25) is 0 Å². The van der Waals surface area contributed by atoms with Gasteiger partial charge in [0.05, 0.1) is 11.6 Å². The Labute approximate surface area is 121 Å². The van der Waals surface area contributed by atoms with Gasteiger partial charge in [-0.3, -0.25) is 18.9 Å². The zero-order valence-corrected chi connectivity index (χ0v) is 11.8.